The number of carbonyl (C=O) groups is 1. The zero-order chi connectivity index (χ0) is 24.4. The van der Waals surface area contributed by atoms with Crippen LogP contribution >= 0.6 is 50.9 Å². The molecule has 3 aromatic rings. The molecule has 1 aromatic heterocycles. The molecule has 0 spiro atoms. The van der Waals surface area contributed by atoms with E-state index in [1.807, 2.05) is 38.1 Å². The molecule has 4 rings (SSSR count). The fraction of sp³-hybridized carbons (Fsp3) is 0.261. The zero-order valence-corrected chi connectivity index (χ0v) is 22.5. The lowest BCUT2D eigenvalue weighted by Gasteiger charge is -2.29. The Labute approximate surface area is 219 Å². The number of halogens is 3. The highest BCUT2D eigenvalue weighted by Crippen LogP contribution is 2.41. The van der Waals surface area contributed by atoms with Crippen molar-refractivity contribution in [1.82, 2.24) is 14.8 Å². The third-order valence-electron chi connectivity index (χ3n) is 5.18. The third kappa shape index (κ3) is 5.07. The maximum atomic E-state index is 12.9. The van der Waals surface area contributed by atoms with E-state index in [0.717, 1.165) is 21.4 Å². The monoisotopic (exact) mass is 582 g/mol. The lowest BCUT2D eigenvalue weighted by molar-refractivity contribution is -0.136. The van der Waals surface area contributed by atoms with Crippen molar-refractivity contribution in [1.29, 1.82) is 0 Å². The van der Waals surface area contributed by atoms with Crippen LogP contribution in [0.4, 0.5) is 5.95 Å². The van der Waals surface area contributed by atoms with Gasteiger partial charge >= 0.3 is 5.97 Å². The van der Waals surface area contributed by atoms with Crippen LogP contribution in [0.1, 0.15) is 31.0 Å². The molecule has 0 fully saturated rings. The van der Waals surface area contributed by atoms with Crippen molar-refractivity contribution in [3.63, 3.8) is 0 Å². The van der Waals surface area contributed by atoms with Crippen LogP contribution in [0.15, 0.2) is 57.3 Å². The number of nitrogens with one attached hydrogen (secondary N) is 1. The summed E-state index contributed by atoms with van der Waals surface area (Å²) >= 11 is 17.4. The maximum absolute atomic E-state index is 12.9. The van der Waals surface area contributed by atoms with Crippen LogP contribution in [0, 0.1) is 0 Å². The summed E-state index contributed by atoms with van der Waals surface area (Å²) in [5, 5.41) is 9.53. The summed E-state index contributed by atoms with van der Waals surface area (Å²) in [4.78, 5) is 17.5. The van der Waals surface area contributed by atoms with Gasteiger partial charge in [-0.05, 0) is 43.0 Å². The van der Waals surface area contributed by atoms with E-state index in [2.05, 4.69) is 31.3 Å². The summed E-state index contributed by atoms with van der Waals surface area (Å²) in [6.45, 7) is 4.06. The molecule has 0 saturated carbocycles. The van der Waals surface area contributed by atoms with E-state index in [1.165, 1.54) is 18.9 Å². The number of methoxy groups -OCH3 is 1. The van der Waals surface area contributed by atoms with Gasteiger partial charge in [0, 0.05) is 31.3 Å². The van der Waals surface area contributed by atoms with Gasteiger partial charge in [-0.15, -0.1) is 5.10 Å². The highest BCUT2D eigenvalue weighted by Gasteiger charge is 2.36. The first-order chi connectivity index (χ1) is 16.3. The highest BCUT2D eigenvalue weighted by molar-refractivity contribution is 9.10. The van der Waals surface area contributed by atoms with Gasteiger partial charge in [-0.3, -0.25) is 0 Å². The molecule has 1 aliphatic heterocycles. The predicted octanol–water partition coefficient (Wildman–Crippen LogP) is 6.50. The summed E-state index contributed by atoms with van der Waals surface area (Å²) < 4.78 is 13.8. The Kier molecular flexibility index (Phi) is 7.77. The lowest BCUT2D eigenvalue weighted by atomic mass is 9.95. The Morgan fingerprint density at radius 3 is 2.76 bits per heavy atom. The normalized spacial score (nSPS) is 15.1. The second kappa shape index (κ2) is 10.6. The van der Waals surface area contributed by atoms with Gasteiger partial charge in [0.2, 0.25) is 11.1 Å². The van der Waals surface area contributed by atoms with E-state index in [9.17, 15) is 4.79 Å². The van der Waals surface area contributed by atoms with Crippen molar-refractivity contribution < 1.29 is 14.3 Å². The molecule has 11 heteroatoms. The largest absolute Gasteiger partial charge is 0.488 e. The van der Waals surface area contributed by atoms with E-state index in [1.54, 1.807) is 16.8 Å². The Hall–Kier alpha value is -2.20. The number of rotatable bonds is 7. The number of carbonyl (C=O) groups excluding carboxylic acids is 1. The third-order valence-corrected chi connectivity index (χ3v) is 6.98. The summed E-state index contributed by atoms with van der Waals surface area (Å²) in [6, 6.07) is 10.3. The minimum Gasteiger partial charge on any atom is -0.488 e. The molecular formula is C23H21BrCl2N4O3S. The first-order valence-corrected chi connectivity index (χ1v) is 12.9. The highest BCUT2D eigenvalue weighted by atomic mass is 79.9. The van der Waals surface area contributed by atoms with Crippen molar-refractivity contribution in [2.45, 2.75) is 31.7 Å². The number of aromatic nitrogens is 3. The number of fused-ring (bicyclic) bond motifs is 1. The number of thioether (sulfide) groups is 1. The standard InChI is InChI=1S/C23H21BrCl2N4O3S/c1-4-34-23-28-22-27-12(2)19(21(31)32-3)20(30(22)29-23)16-9-14(24)6-8-18(16)33-11-13-5-7-15(25)10-17(13)26/h5-10,20H,4,11H2,1-3H3,(H,27,28,29). The maximum Gasteiger partial charge on any atom is 0.338 e. The molecule has 178 valence electrons. The number of nitrogens with zero attached hydrogens (tertiary/aromatic N) is 3. The Morgan fingerprint density at radius 1 is 1.26 bits per heavy atom. The molecule has 2 heterocycles. The average molecular weight is 584 g/mol. The quantitative estimate of drug-likeness (QED) is 0.251. The number of anilines is 1. The molecule has 0 saturated heterocycles. The van der Waals surface area contributed by atoms with Crippen LogP contribution in [0.3, 0.4) is 0 Å². The van der Waals surface area contributed by atoms with Crippen LogP contribution in [-0.4, -0.2) is 33.6 Å². The van der Waals surface area contributed by atoms with E-state index in [4.69, 9.17) is 32.7 Å². The average Bonchev–Trinajstić information content (AvgIpc) is 3.20. The van der Waals surface area contributed by atoms with Gasteiger partial charge < -0.3 is 14.8 Å². The van der Waals surface area contributed by atoms with Crippen LogP contribution < -0.4 is 10.1 Å². The molecule has 1 aliphatic rings. The van der Waals surface area contributed by atoms with Crippen molar-refractivity contribution >= 4 is 62.8 Å². The van der Waals surface area contributed by atoms with Crippen LogP contribution in [0.25, 0.3) is 0 Å². The lowest BCUT2D eigenvalue weighted by Crippen LogP contribution is -2.29. The van der Waals surface area contributed by atoms with E-state index in [0.29, 0.717) is 38.2 Å². The molecule has 1 unspecified atom stereocenters. The summed E-state index contributed by atoms with van der Waals surface area (Å²) in [5.41, 5.74) is 2.56. The molecule has 0 bridgehead atoms. The Morgan fingerprint density at radius 2 is 2.06 bits per heavy atom. The van der Waals surface area contributed by atoms with Crippen LogP contribution in [0.2, 0.25) is 10.0 Å². The first-order valence-electron chi connectivity index (χ1n) is 10.3. The molecule has 34 heavy (non-hydrogen) atoms. The second-order valence-corrected chi connectivity index (χ2v) is 10.4. The zero-order valence-electron chi connectivity index (χ0n) is 18.6. The molecule has 2 aromatic carbocycles. The van der Waals surface area contributed by atoms with Gasteiger partial charge in [0.15, 0.2) is 0 Å². The predicted molar refractivity (Wildman–Crippen MR) is 138 cm³/mol. The Balaban J connectivity index is 1.80. The number of benzene rings is 2. The van der Waals surface area contributed by atoms with Gasteiger partial charge in [0.25, 0.3) is 0 Å². The molecule has 0 radical (unpaired) electrons. The smallest absolute Gasteiger partial charge is 0.338 e. The van der Waals surface area contributed by atoms with Crippen LogP contribution in [-0.2, 0) is 16.1 Å². The van der Waals surface area contributed by atoms with Gasteiger partial charge in [-0.2, -0.15) is 4.98 Å². The number of hydrogen-bond donors (Lipinski definition) is 1. The SMILES string of the molecule is CCSc1nc2n(n1)C(c1cc(Br)ccc1OCc1ccc(Cl)cc1Cl)C(C(=O)OC)=C(C)N2. The fourth-order valence-electron chi connectivity index (χ4n) is 3.64. The van der Waals surface area contributed by atoms with Gasteiger partial charge in [-0.1, -0.05) is 63.9 Å². The molecule has 0 amide bonds. The fourth-order valence-corrected chi connectivity index (χ4v) is 5.04. The first kappa shape index (κ1) is 24.9. The number of esters is 1. The van der Waals surface area contributed by atoms with Gasteiger partial charge in [-0.25, -0.2) is 9.48 Å². The minimum absolute atomic E-state index is 0.215. The molecule has 1 N–H and O–H groups in total. The van der Waals surface area contributed by atoms with E-state index < -0.39 is 12.0 Å². The number of hydrogen-bond acceptors (Lipinski definition) is 7. The minimum atomic E-state index is -0.615. The summed E-state index contributed by atoms with van der Waals surface area (Å²) in [7, 11) is 1.36. The number of ether oxygens (including phenoxy) is 2. The van der Waals surface area contributed by atoms with Crippen molar-refractivity contribution in [3.05, 3.63) is 73.3 Å². The molecule has 7 nitrogen and oxygen atoms in total. The van der Waals surface area contributed by atoms with E-state index in [-0.39, 0.29) is 6.61 Å². The van der Waals surface area contributed by atoms with Gasteiger partial charge in [0.05, 0.1) is 12.7 Å². The topological polar surface area (TPSA) is 78.3 Å². The Bertz CT molecular complexity index is 1280. The molecular weight excluding hydrogens is 563 g/mol. The summed E-state index contributed by atoms with van der Waals surface area (Å²) in [6.07, 6.45) is 0. The van der Waals surface area contributed by atoms with Gasteiger partial charge in [0.1, 0.15) is 18.4 Å². The van der Waals surface area contributed by atoms with E-state index >= 15 is 0 Å². The summed E-state index contributed by atoms with van der Waals surface area (Å²) in [5.74, 6) is 1.46. The van der Waals surface area contributed by atoms with Crippen molar-refractivity contribution in [2.24, 2.45) is 0 Å². The van der Waals surface area contributed by atoms with Crippen molar-refractivity contribution in [3.8, 4) is 5.75 Å². The van der Waals surface area contributed by atoms with Crippen molar-refractivity contribution in [2.75, 3.05) is 18.2 Å². The number of allylic oxidation sites excluding steroid dienone is 1. The molecule has 0 aliphatic carbocycles. The second-order valence-electron chi connectivity index (χ2n) is 7.36. The molecule has 1 atom stereocenters. The van der Waals surface area contributed by atoms with Crippen LogP contribution in [0.5, 0.6) is 5.75 Å².